The maximum Gasteiger partial charge on any atom is 0.425 e. The first kappa shape index (κ1) is 37.3. The van der Waals surface area contributed by atoms with Gasteiger partial charge in [0.2, 0.25) is 5.60 Å². The Kier molecular flexibility index (Phi) is 11.1. The van der Waals surface area contributed by atoms with Crippen LogP contribution in [0.25, 0.3) is 11.2 Å². The van der Waals surface area contributed by atoms with E-state index in [1.165, 1.54) is 17.8 Å². The number of alkyl halides is 1. The molecule has 3 aromatic rings. The van der Waals surface area contributed by atoms with Crippen LogP contribution in [-0.2, 0) is 39.7 Å². The predicted octanol–water partition coefficient (Wildman–Crippen LogP) is 5.52. The predicted molar refractivity (Wildman–Crippen MR) is 174 cm³/mol. The number of rotatable bonds is 10. The van der Waals surface area contributed by atoms with Crippen molar-refractivity contribution in [2.45, 2.75) is 104 Å². The van der Waals surface area contributed by atoms with Gasteiger partial charge in [0, 0.05) is 12.3 Å². The molecule has 1 unspecified atom stereocenters. The molecule has 0 saturated carbocycles. The van der Waals surface area contributed by atoms with E-state index in [1.54, 1.807) is 85.7 Å². The Morgan fingerprint density at radius 1 is 0.959 bits per heavy atom. The van der Waals surface area contributed by atoms with E-state index < -0.39 is 65.2 Å². The second-order valence-corrected chi connectivity index (χ2v) is 13.8. The number of nitrogens with zero attached hydrogens (tertiary/aromatic N) is 5. The first-order valence-electron chi connectivity index (χ1n) is 16.0. The van der Waals surface area contributed by atoms with Crippen molar-refractivity contribution in [3.05, 3.63) is 48.5 Å². The molecule has 0 bridgehead atoms. The molecule has 0 spiro atoms. The van der Waals surface area contributed by atoms with E-state index in [1.807, 2.05) is 0 Å². The van der Waals surface area contributed by atoms with Crippen LogP contribution in [0.15, 0.2) is 43.0 Å². The summed E-state index contributed by atoms with van der Waals surface area (Å²) in [4.78, 5) is 66.2. The van der Waals surface area contributed by atoms with Gasteiger partial charge in [0.25, 0.3) is 0 Å². The highest BCUT2D eigenvalue weighted by Crippen LogP contribution is 2.39. The summed E-state index contributed by atoms with van der Waals surface area (Å²) in [6, 6.07) is 8.87. The number of imidazole rings is 1. The normalized spacial score (nSPS) is 20.8. The Balaban J connectivity index is 1.65. The van der Waals surface area contributed by atoms with Crippen molar-refractivity contribution in [2.75, 3.05) is 18.1 Å². The number of hydrogen-bond donors (Lipinski definition) is 0. The van der Waals surface area contributed by atoms with Crippen molar-refractivity contribution >= 4 is 40.9 Å². The topological polar surface area (TPSA) is 161 Å². The van der Waals surface area contributed by atoms with Crippen LogP contribution < -0.4 is 4.90 Å². The molecule has 266 valence electrons. The van der Waals surface area contributed by atoms with Crippen LogP contribution in [0.2, 0.25) is 0 Å². The molecule has 1 aliphatic rings. The van der Waals surface area contributed by atoms with E-state index >= 15 is 4.39 Å². The zero-order chi connectivity index (χ0) is 36.3. The summed E-state index contributed by atoms with van der Waals surface area (Å²) in [5.41, 5.74) is -3.23. The molecule has 49 heavy (non-hydrogen) atoms. The molecule has 3 heterocycles. The first-order valence-corrected chi connectivity index (χ1v) is 16.0. The molecule has 1 saturated heterocycles. The number of ketones is 1. The number of benzene rings is 1. The Bertz CT molecular complexity index is 1640. The van der Waals surface area contributed by atoms with E-state index in [2.05, 4.69) is 15.0 Å². The fourth-order valence-electron chi connectivity index (χ4n) is 5.21. The highest BCUT2D eigenvalue weighted by atomic mass is 19.1. The van der Waals surface area contributed by atoms with Gasteiger partial charge in [0.05, 0.1) is 25.6 Å². The van der Waals surface area contributed by atoms with E-state index in [-0.39, 0.29) is 36.6 Å². The molecule has 14 nitrogen and oxygen atoms in total. The van der Waals surface area contributed by atoms with Crippen LogP contribution in [0.1, 0.15) is 74.1 Å². The largest absolute Gasteiger partial charge is 0.463 e. The van der Waals surface area contributed by atoms with Crippen molar-refractivity contribution in [3.8, 4) is 0 Å². The van der Waals surface area contributed by atoms with Crippen LogP contribution in [-0.4, -0.2) is 85.8 Å². The maximum absolute atomic E-state index is 16.0. The van der Waals surface area contributed by atoms with Crippen LogP contribution in [0.3, 0.4) is 0 Å². The lowest BCUT2D eigenvalue weighted by Crippen LogP contribution is -2.52. The van der Waals surface area contributed by atoms with Gasteiger partial charge in [-0.15, -0.1) is 0 Å². The summed E-state index contributed by atoms with van der Waals surface area (Å²) in [7, 11) is 0. The molecule has 1 aliphatic heterocycles. The number of amides is 2. The Morgan fingerprint density at radius 3 is 2.12 bits per heavy atom. The molecule has 1 aromatic carbocycles. The number of hydrogen-bond acceptors (Lipinski definition) is 12. The molecule has 15 heteroatoms. The van der Waals surface area contributed by atoms with Gasteiger partial charge in [-0.2, -0.15) is 4.90 Å². The van der Waals surface area contributed by atoms with Crippen LogP contribution in [0.5, 0.6) is 0 Å². The van der Waals surface area contributed by atoms with Crippen LogP contribution in [0, 0.1) is 5.92 Å². The molecular weight excluding hydrogens is 641 g/mol. The maximum atomic E-state index is 16.0. The van der Waals surface area contributed by atoms with Gasteiger partial charge in [-0.05, 0) is 61.0 Å². The third-order valence-electron chi connectivity index (χ3n) is 7.62. The summed E-state index contributed by atoms with van der Waals surface area (Å²) < 4.78 is 45.7. The summed E-state index contributed by atoms with van der Waals surface area (Å²) in [6.07, 6.45) is -3.69. The molecule has 0 radical (unpaired) electrons. The Labute approximate surface area is 284 Å². The van der Waals surface area contributed by atoms with Crippen LogP contribution in [0.4, 0.5) is 19.8 Å². The molecule has 2 aromatic heterocycles. The Morgan fingerprint density at radius 2 is 1.57 bits per heavy atom. The number of ether oxygens (including phenoxy) is 5. The van der Waals surface area contributed by atoms with Gasteiger partial charge >= 0.3 is 18.2 Å². The highest BCUT2D eigenvalue weighted by Gasteiger charge is 2.50. The lowest BCUT2D eigenvalue weighted by Gasteiger charge is -2.31. The summed E-state index contributed by atoms with van der Waals surface area (Å²) in [5, 5.41) is 0. The molecular formula is C34H44FN5O9. The fraction of sp³-hybridized carbons (Fsp3) is 0.559. The van der Waals surface area contributed by atoms with E-state index in [0.717, 1.165) is 6.33 Å². The molecule has 0 N–H and O–H groups in total. The van der Waals surface area contributed by atoms with Crippen LogP contribution >= 0.6 is 0 Å². The molecule has 4 rings (SSSR count). The van der Waals surface area contributed by atoms with E-state index in [4.69, 9.17) is 23.7 Å². The fourth-order valence-corrected chi connectivity index (χ4v) is 5.21. The minimum Gasteiger partial charge on any atom is -0.463 e. The minimum atomic E-state index is -1.99. The number of fused-ring (bicyclic) bond motifs is 1. The lowest BCUT2D eigenvalue weighted by atomic mass is 9.90. The average molecular weight is 686 g/mol. The van der Waals surface area contributed by atoms with Crippen molar-refractivity contribution in [1.29, 1.82) is 0 Å². The molecule has 2 amide bonds. The number of imide groups is 1. The summed E-state index contributed by atoms with van der Waals surface area (Å²) >= 11 is 0. The number of Topliss-reactive ketones (excluding diaryl/α,β-unsaturated/α-hetero) is 1. The second-order valence-electron chi connectivity index (χ2n) is 13.8. The third-order valence-corrected chi connectivity index (χ3v) is 7.62. The third kappa shape index (κ3) is 8.39. The quantitative estimate of drug-likeness (QED) is 0.149. The number of aromatic nitrogens is 4. The van der Waals surface area contributed by atoms with Gasteiger partial charge in [0.1, 0.15) is 17.5 Å². The lowest BCUT2D eigenvalue weighted by molar-refractivity contribution is -0.182. The van der Waals surface area contributed by atoms with Crippen molar-refractivity contribution in [3.63, 3.8) is 0 Å². The minimum absolute atomic E-state index is 0.0216. The number of carbonyl (C=O) groups is 4. The van der Waals surface area contributed by atoms with E-state index in [9.17, 15) is 19.2 Å². The number of carbonyl (C=O) groups excluding carboxylic acids is 4. The Hall–Kier alpha value is -4.50. The standard InChI is InChI=1S/C34H44FN5O9/c1-10-45-29(42)34(21(3)41,16-22-14-12-11-13-15-22)46-17-23-20(2)24(35)28(47-23)39-19-38-25-26(39)36-18-37-27(25)40(30(43)48-32(4,5)6)31(44)49-33(7,8)9/h11-15,18-20,23-24,28H,10,16-17H2,1-9H3/t20-,23-,24-,28-,34?/m1/s1. The van der Waals surface area contributed by atoms with Gasteiger partial charge in [-0.3, -0.25) is 9.36 Å². The zero-order valence-corrected chi connectivity index (χ0v) is 29.3. The van der Waals surface area contributed by atoms with Crippen molar-refractivity contribution < 1.29 is 47.3 Å². The summed E-state index contributed by atoms with van der Waals surface area (Å²) in [5.74, 6) is -2.43. The molecule has 1 fully saturated rings. The summed E-state index contributed by atoms with van der Waals surface area (Å²) in [6.45, 7) is 14.0. The number of esters is 1. The average Bonchev–Trinajstić information content (AvgIpc) is 3.54. The molecule has 5 atom stereocenters. The van der Waals surface area contributed by atoms with Gasteiger partial charge < -0.3 is 23.7 Å². The van der Waals surface area contributed by atoms with Gasteiger partial charge in [0.15, 0.2) is 35.2 Å². The highest BCUT2D eigenvalue weighted by molar-refractivity contribution is 6.12. The first-order chi connectivity index (χ1) is 22.9. The monoisotopic (exact) mass is 685 g/mol. The SMILES string of the molecule is CCOC(=O)C(Cc1ccccc1)(OC[C@H]1O[C@@H](n2cnc3c(N(C(=O)OC(C)(C)C)C(=O)OC(C)(C)C)ncnc32)[C@H](F)[C@@H]1C)C(C)=O. The second kappa shape index (κ2) is 14.5. The molecule has 0 aliphatic carbocycles. The zero-order valence-electron chi connectivity index (χ0n) is 29.3. The van der Waals surface area contributed by atoms with E-state index in [0.29, 0.717) is 10.5 Å². The van der Waals surface area contributed by atoms with Crippen molar-refractivity contribution in [1.82, 2.24) is 19.5 Å². The van der Waals surface area contributed by atoms with Gasteiger partial charge in [-0.1, -0.05) is 37.3 Å². The number of anilines is 1. The number of halogens is 1. The van der Waals surface area contributed by atoms with Gasteiger partial charge in [-0.25, -0.2) is 33.7 Å². The van der Waals surface area contributed by atoms with Crippen molar-refractivity contribution in [2.24, 2.45) is 5.92 Å². The smallest absolute Gasteiger partial charge is 0.425 e.